The molecule has 0 nitrogen and oxygen atoms in total. The molecule has 0 atom stereocenters. The van der Waals surface area contributed by atoms with Gasteiger partial charge >= 0.3 is 0 Å². The molecule has 0 amide bonds. The molecule has 0 unspecified atom stereocenters. The third-order valence-electron chi connectivity index (χ3n) is 1.70. The molecule has 0 N–H and O–H groups in total. The molecule has 2 radical (unpaired) electrons. The predicted molar refractivity (Wildman–Crippen MR) is 38.3 cm³/mol. The maximum Gasteiger partial charge on any atom is -0.0143 e. The summed E-state index contributed by atoms with van der Waals surface area (Å²) in [6.45, 7) is 6.23. The minimum Gasteiger partial charge on any atom is -0.0459 e. The summed E-state index contributed by atoms with van der Waals surface area (Å²) in [6.07, 6.45) is 0. The molecule has 0 spiro atoms. The Morgan fingerprint density at radius 1 is 1.00 bits per heavy atom. The van der Waals surface area contributed by atoms with Crippen LogP contribution in [0.25, 0.3) is 0 Å². The van der Waals surface area contributed by atoms with Crippen LogP contribution in [0.4, 0.5) is 0 Å². The van der Waals surface area contributed by atoms with Crippen molar-refractivity contribution in [1.82, 2.24) is 0 Å². The van der Waals surface area contributed by atoms with Crippen molar-refractivity contribution in [2.45, 2.75) is 20.8 Å². The van der Waals surface area contributed by atoms with Crippen molar-refractivity contribution in [2.75, 3.05) is 0 Å². The number of hydrogen-bond acceptors (Lipinski definition) is 0. The molecule has 1 aromatic rings. The zero-order chi connectivity index (χ0) is 6.85. The maximum atomic E-state index is 3.08. The van der Waals surface area contributed by atoms with Crippen LogP contribution in [0, 0.1) is 32.9 Å². The van der Waals surface area contributed by atoms with Crippen molar-refractivity contribution in [3.05, 3.63) is 34.9 Å². The monoisotopic (exact) mass is 118 g/mol. The SMILES string of the molecule is Cc1[c]c[c]c(C)c1C. The lowest BCUT2D eigenvalue weighted by atomic mass is 10.1. The maximum absolute atomic E-state index is 3.08. The first kappa shape index (κ1) is 6.34. The van der Waals surface area contributed by atoms with E-state index in [0.29, 0.717) is 0 Å². The van der Waals surface area contributed by atoms with Gasteiger partial charge in [0.1, 0.15) is 0 Å². The van der Waals surface area contributed by atoms with E-state index in [1.807, 2.05) is 6.07 Å². The third-order valence-corrected chi connectivity index (χ3v) is 1.70. The van der Waals surface area contributed by atoms with Crippen LogP contribution in [-0.4, -0.2) is 0 Å². The molecule has 0 saturated carbocycles. The van der Waals surface area contributed by atoms with E-state index in [4.69, 9.17) is 0 Å². The lowest BCUT2D eigenvalue weighted by molar-refractivity contribution is 1.26. The molecule has 0 aliphatic heterocycles. The third kappa shape index (κ3) is 1.13. The van der Waals surface area contributed by atoms with Crippen molar-refractivity contribution >= 4 is 0 Å². The Morgan fingerprint density at radius 2 is 1.44 bits per heavy atom. The molecule has 1 rings (SSSR count). The van der Waals surface area contributed by atoms with Crippen molar-refractivity contribution in [3.63, 3.8) is 0 Å². The highest BCUT2D eigenvalue weighted by atomic mass is 14.0. The summed E-state index contributed by atoms with van der Waals surface area (Å²) in [6, 6.07) is 8.01. The molecule has 0 aromatic heterocycles. The van der Waals surface area contributed by atoms with E-state index in [2.05, 4.69) is 32.9 Å². The number of rotatable bonds is 0. The molecule has 0 saturated heterocycles. The summed E-state index contributed by atoms with van der Waals surface area (Å²) in [4.78, 5) is 0. The molecular weight excluding hydrogens is 108 g/mol. The van der Waals surface area contributed by atoms with E-state index in [1.165, 1.54) is 16.7 Å². The van der Waals surface area contributed by atoms with Gasteiger partial charge in [0.2, 0.25) is 0 Å². The van der Waals surface area contributed by atoms with Crippen molar-refractivity contribution < 1.29 is 0 Å². The van der Waals surface area contributed by atoms with Gasteiger partial charge in [0.15, 0.2) is 0 Å². The molecule has 0 bridgehead atoms. The molecule has 0 heterocycles. The lowest BCUT2D eigenvalue weighted by Crippen LogP contribution is -1.84. The van der Waals surface area contributed by atoms with Gasteiger partial charge < -0.3 is 0 Å². The number of aryl methyl sites for hydroxylation is 2. The largest absolute Gasteiger partial charge is 0.0459 e. The van der Waals surface area contributed by atoms with Crippen LogP contribution in [0.3, 0.4) is 0 Å². The van der Waals surface area contributed by atoms with E-state index in [0.717, 1.165) is 0 Å². The highest BCUT2D eigenvalue weighted by Crippen LogP contribution is 2.08. The van der Waals surface area contributed by atoms with Gasteiger partial charge in [0.05, 0.1) is 0 Å². The van der Waals surface area contributed by atoms with Crippen LogP contribution in [0.1, 0.15) is 16.7 Å². The number of hydrogen-bond donors (Lipinski definition) is 0. The number of benzene rings is 1. The fourth-order valence-corrected chi connectivity index (χ4v) is 0.750. The summed E-state index contributed by atoms with van der Waals surface area (Å²) in [5, 5.41) is 0. The van der Waals surface area contributed by atoms with Gasteiger partial charge in [-0.25, -0.2) is 0 Å². The minimum absolute atomic E-state index is 1.23. The molecule has 0 heteroatoms. The summed E-state index contributed by atoms with van der Waals surface area (Å²) >= 11 is 0. The second kappa shape index (κ2) is 2.22. The standard InChI is InChI=1S/C9H10/c1-7-5-4-6-8(2)9(7)3/h4H,1-3H3. The quantitative estimate of drug-likeness (QED) is 0.490. The van der Waals surface area contributed by atoms with Crippen LogP contribution in [0.2, 0.25) is 0 Å². The minimum atomic E-state index is 1.23. The second-order valence-corrected chi connectivity index (χ2v) is 2.31. The summed E-state index contributed by atoms with van der Waals surface area (Å²) in [7, 11) is 0. The van der Waals surface area contributed by atoms with E-state index >= 15 is 0 Å². The topological polar surface area (TPSA) is 0 Å². The Bertz CT molecular complexity index is 191. The molecule has 0 aliphatic carbocycles. The lowest BCUT2D eigenvalue weighted by Gasteiger charge is -1.99. The van der Waals surface area contributed by atoms with Crippen LogP contribution in [-0.2, 0) is 0 Å². The Kier molecular flexibility index (Phi) is 1.56. The van der Waals surface area contributed by atoms with Crippen molar-refractivity contribution in [1.29, 1.82) is 0 Å². The molecule has 46 valence electrons. The smallest absolute Gasteiger partial charge is 0.0143 e. The van der Waals surface area contributed by atoms with Crippen LogP contribution < -0.4 is 0 Å². The second-order valence-electron chi connectivity index (χ2n) is 2.31. The van der Waals surface area contributed by atoms with Gasteiger partial charge in [-0.05, 0) is 55.7 Å². The van der Waals surface area contributed by atoms with E-state index in [-0.39, 0.29) is 0 Å². The average molecular weight is 118 g/mol. The molecular formula is C9H10. The van der Waals surface area contributed by atoms with Gasteiger partial charge in [-0.15, -0.1) is 0 Å². The van der Waals surface area contributed by atoms with Gasteiger partial charge in [0.25, 0.3) is 0 Å². The van der Waals surface area contributed by atoms with E-state index in [9.17, 15) is 0 Å². The van der Waals surface area contributed by atoms with Gasteiger partial charge in [-0.3, -0.25) is 0 Å². The highest BCUT2D eigenvalue weighted by Gasteiger charge is 1.92. The Labute approximate surface area is 56.5 Å². The summed E-state index contributed by atoms with van der Waals surface area (Å²) in [5.41, 5.74) is 3.76. The Morgan fingerprint density at radius 3 is 1.78 bits per heavy atom. The zero-order valence-corrected chi connectivity index (χ0v) is 6.08. The summed E-state index contributed by atoms with van der Waals surface area (Å²) < 4.78 is 0. The Hall–Kier alpha value is -0.780. The average Bonchev–Trinajstić information content (AvgIpc) is 1.83. The van der Waals surface area contributed by atoms with Crippen LogP contribution in [0.5, 0.6) is 0 Å². The van der Waals surface area contributed by atoms with Crippen molar-refractivity contribution in [2.24, 2.45) is 0 Å². The van der Waals surface area contributed by atoms with Gasteiger partial charge in [-0.2, -0.15) is 0 Å². The van der Waals surface area contributed by atoms with Crippen LogP contribution in [0.15, 0.2) is 6.07 Å². The molecule has 1 aromatic carbocycles. The highest BCUT2D eigenvalue weighted by molar-refractivity contribution is 5.29. The molecule has 0 aliphatic rings. The van der Waals surface area contributed by atoms with E-state index < -0.39 is 0 Å². The van der Waals surface area contributed by atoms with Crippen molar-refractivity contribution in [3.8, 4) is 0 Å². The Balaban J connectivity index is 3.25. The predicted octanol–water partition coefficient (Wildman–Crippen LogP) is 2.21. The van der Waals surface area contributed by atoms with Gasteiger partial charge in [0, 0.05) is 0 Å². The van der Waals surface area contributed by atoms with Gasteiger partial charge in [-0.1, -0.05) is 0 Å². The first-order valence-corrected chi connectivity index (χ1v) is 3.08. The molecule has 0 fully saturated rings. The van der Waals surface area contributed by atoms with Crippen LogP contribution >= 0.6 is 0 Å². The van der Waals surface area contributed by atoms with E-state index in [1.54, 1.807) is 0 Å². The first-order chi connectivity index (χ1) is 4.22. The first-order valence-electron chi connectivity index (χ1n) is 3.08. The fraction of sp³-hybridized carbons (Fsp3) is 0.333. The summed E-state index contributed by atoms with van der Waals surface area (Å²) in [5.74, 6) is 0. The molecule has 9 heavy (non-hydrogen) atoms. The zero-order valence-electron chi connectivity index (χ0n) is 6.08. The fourth-order valence-electron chi connectivity index (χ4n) is 0.750. The normalized spacial score (nSPS) is 9.67.